The van der Waals surface area contributed by atoms with Crippen LogP contribution in [0.5, 0.6) is 0 Å². The van der Waals surface area contributed by atoms with E-state index in [1.165, 1.54) is 12.8 Å². The molecule has 0 aromatic carbocycles. The third-order valence-corrected chi connectivity index (χ3v) is 6.91. The topological polar surface area (TPSA) is 60.1 Å². The van der Waals surface area contributed by atoms with Gasteiger partial charge >= 0.3 is 0 Å². The Labute approximate surface area is 137 Å². The summed E-state index contributed by atoms with van der Waals surface area (Å²) in [6, 6.07) is 0.0957. The molecule has 0 N–H and O–H groups in total. The number of aryl methyl sites for hydroxylation is 1. The lowest BCUT2D eigenvalue weighted by atomic mass is 10.2. The zero-order chi connectivity index (χ0) is 15.7. The summed E-state index contributed by atoms with van der Waals surface area (Å²) in [5, 5.41) is 4.69. The molecule has 1 aromatic rings. The highest BCUT2D eigenvalue weighted by Crippen LogP contribution is 2.19. The Morgan fingerprint density at radius 2 is 2.18 bits per heavy atom. The first kappa shape index (κ1) is 16.1. The molecule has 3 rings (SSSR count). The van der Waals surface area contributed by atoms with Crippen LogP contribution in [0.2, 0.25) is 0 Å². The smallest absolute Gasteiger partial charge is 0.199 e. The molecule has 0 spiro atoms. The number of hydrogen-bond acceptors (Lipinski definition) is 5. The van der Waals surface area contributed by atoms with E-state index in [0.29, 0.717) is 12.4 Å². The lowest BCUT2D eigenvalue weighted by molar-refractivity contribution is 0.163. The number of aromatic nitrogens is 3. The minimum Gasteiger partial charge on any atom is -0.304 e. The maximum absolute atomic E-state index is 11.7. The molecule has 1 atom stereocenters. The van der Waals surface area contributed by atoms with Crippen LogP contribution in [0.15, 0.2) is 0 Å². The Morgan fingerprint density at radius 3 is 2.86 bits per heavy atom. The predicted molar refractivity (Wildman–Crippen MR) is 88.0 cm³/mol. The van der Waals surface area contributed by atoms with E-state index in [1.54, 1.807) is 0 Å². The van der Waals surface area contributed by atoms with Crippen molar-refractivity contribution in [3.8, 4) is 0 Å². The maximum Gasteiger partial charge on any atom is 0.199 e. The minimum atomic E-state index is -2.86. The summed E-state index contributed by atoms with van der Waals surface area (Å²) in [4.78, 5) is 2.19. The van der Waals surface area contributed by atoms with E-state index >= 15 is 0 Å². The van der Waals surface area contributed by atoms with Gasteiger partial charge in [-0.15, -0.1) is 0 Å². The van der Waals surface area contributed by atoms with Gasteiger partial charge < -0.3 is 4.57 Å². The van der Waals surface area contributed by atoms with Gasteiger partial charge in [0.1, 0.15) is 5.82 Å². The average molecular weight is 345 g/mol. The molecule has 124 valence electrons. The summed E-state index contributed by atoms with van der Waals surface area (Å²) in [7, 11) is -2.86. The van der Waals surface area contributed by atoms with Gasteiger partial charge in [-0.3, -0.25) is 4.90 Å². The molecule has 1 fully saturated rings. The molecule has 6 nitrogen and oxygen atoms in total. The first-order valence-electron chi connectivity index (χ1n) is 8.11. The zero-order valence-electron chi connectivity index (χ0n) is 13.1. The Hall–Kier alpha value is -0.730. The van der Waals surface area contributed by atoms with Crippen molar-refractivity contribution >= 4 is 22.1 Å². The molecular formula is C14H24N4O2S2. The maximum atomic E-state index is 11.7. The van der Waals surface area contributed by atoms with Crippen LogP contribution >= 0.6 is 12.2 Å². The van der Waals surface area contributed by atoms with Crippen LogP contribution in [0.25, 0.3) is 0 Å². The van der Waals surface area contributed by atoms with E-state index in [1.807, 2.05) is 4.68 Å². The lowest BCUT2D eigenvalue weighted by Crippen LogP contribution is -2.37. The summed E-state index contributed by atoms with van der Waals surface area (Å²) < 4.78 is 28.2. The average Bonchev–Trinajstić information content (AvgIpc) is 2.87. The molecule has 1 aromatic heterocycles. The van der Waals surface area contributed by atoms with Crippen molar-refractivity contribution in [1.82, 2.24) is 19.2 Å². The standard InChI is InChI=1S/C14H24N4O2S2/c1-2-16(12-7-9-22(19,20)10-12)11-18-14(21)17-8-5-3-4-6-13(17)15-18/h12H,2-11H2,1H3/t12-/m0/s1. The second-order valence-corrected chi connectivity index (χ2v) is 8.86. The van der Waals surface area contributed by atoms with Crippen LogP contribution in [0.1, 0.15) is 38.4 Å². The van der Waals surface area contributed by atoms with Crippen LogP contribution in [0.3, 0.4) is 0 Å². The Balaban J connectivity index is 1.78. The van der Waals surface area contributed by atoms with Gasteiger partial charge in [-0.1, -0.05) is 13.3 Å². The molecule has 22 heavy (non-hydrogen) atoms. The SMILES string of the molecule is CCN(Cn1nc2n(c1=S)CCCCC2)[C@H]1CCS(=O)(=O)C1. The van der Waals surface area contributed by atoms with Gasteiger partial charge in [-0.2, -0.15) is 5.10 Å². The Bertz CT molecular complexity index is 692. The molecule has 1 saturated heterocycles. The van der Waals surface area contributed by atoms with Crippen LogP contribution in [-0.2, 0) is 29.5 Å². The van der Waals surface area contributed by atoms with Crippen molar-refractivity contribution in [2.45, 2.75) is 58.3 Å². The molecule has 3 heterocycles. The van der Waals surface area contributed by atoms with Gasteiger partial charge in [-0.25, -0.2) is 13.1 Å². The van der Waals surface area contributed by atoms with Gasteiger partial charge in [0.05, 0.1) is 18.2 Å². The molecule has 2 aliphatic rings. The molecule has 0 aliphatic carbocycles. The van der Waals surface area contributed by atoms with E-state index in [2.05, 4.69) is 16.4 Å². The van der Waals surface area contributed by atoms with Crippen molar-refractivity contribution in [2.75, 3.05) is 18.1 Å². The molecule has 8 heteroatoms. The summed E-state index contributed by atoms with van der Waals surface area (Å²) in [6.07, 6.45) is 5.27. The highest BCUT2D eigenvalue weighted by Gasteiger charge is 2.32. The molecule has 0 amide bonds. The summed E-state index contributed by atoms with van der Waals surface area (Å²) >= 11 is 5.58. The van der Waals surface area contributed by atoms with Crippen LogP contribution < -0.4 is 0 Å². The van der Waals surface area contributed by atoms with E-state index < -0.39 is 9.84 Å². The quantitative estimate of drug-likeness (QED) is 0.777. The van der Waals surface area contributed by atoms with Crippen molar-refractivity contribution < 1.29 is 8.42 Å². The highest BCUT2D eigenvalue weighted by atomic mass is 32.2. The first-order valence-corrected chi connectivity index (χ1v) is 10.3. The first-order chi connectivity index (χ1) is 10.5. The van der Waals surface area contributed by atoms with Crippen molar-refractivity contribution in [1.29, 1.82) is 0 Å². The Kier molecular flexibility index (Phi) is 4.70. The van der Waals surface area contributed by atoms with E-state index in [9.17, 15) is 8.42 Å². The number of nitrogens with zero attached hydrogens (tertiary/aromatic N) is 4. The van der Waals surface area contributed by atoms with Crippen LogP contribution in [0.4, 0.5) is 0 Å². The fourth-order valence-corrected chi connectivity index (χ4v) is 5.48. The number of rotatable bonds is 4. The monoisotopic (exact) mass is 344 g/mol. The molecule has 0 saturated carbocycles. The molecule has 0 radical (unpaired) electrons. The number of sulfone groups is 1. The van der Waals surface area contributed by atoms with Gasteiger partial charge in [-0.05, 0) is 38.0 Å². The zero-order valence-corrected chi connectivity index (χ0v) is 14.7. The molecule has 2 aliphatic heterocycles. The minimum absolute atomic E-state index is 0.0957. The Morgan fingerprint density at radius 1 is 1.36 bits per heavy atom. The van der Waals surface area contributed by atoms with E-state index in [4.69, 9.17) is 17.3 Å². The van der Waals surface area contributed by atoms with Gasteiger partial charge in [0.25, 0.3) is 0 Å². The van der Waals surface area contributed by atoms with Crippen molar-refractivity contribution in [3.63, 3.8) is 0 Å². The molecule has 0 unspecified atom stereocenters. The summed E-state index contributed by atoms with van der Waals surface area (Å²) in [5.41, 5.74) is 0. The number of hydrogen-bond donors (Lipinski definition) is 0. The fraction of sp³-hybridized carbons (Fsp3) is 0.857. The van der Waals surface area contributed by atoms with Gasteiger partial charge in [0, 0.05) is 19.0 Å². The second kappa shape index (κ2) is 6.41. The molecule has 0 bridgehead atoms. The lowest BCUT2D eigenvalue weighted by Gasteiger charge is -2.26. The summed E-state index contributed by atoms with van der Waals surface area (Å²) in [5.74, 6) is 1.65. The van der Waals surface area contributed by atoms with Gasteiger partial charge in [0.2, 0.25) is 0 Å². The number of fused-ring (bicyclic) bond motifs is 1. The van der Waals surface area contributed by atoms with Crippen LogP contribution in [-0.4, -0.2) is 51.8 Å². The molecular weight excluding hydrogens is 320 g/mol. The third-order valence-electron chi connectivity index (χ3n) is 4.73. The predicted octanol–water partition coefficient (Wildman–Crippen LogP) is 1.61. The fourth-order valence-electron chi connectivity index (χ4n) is 3.43. The van der Waals surface area contributed by atoms with Crippen molar-refractivity contribution in [2.24, 2.45) is 0 Å². The van der Waals surface area contributed by atoms with Crippen molar-refractivity contribution in [3.05, 3.63) is 10.6 Å². The van der Waals surface area contributed by atoms with Gasteiger partial charge in [0.15, 0.2) is 14.6 Å². The summed E-state index contributed by atoms with van der Waals surface area (Å²) in [6.45, 7) is 4.42. The second-order valence-electron chi connectivity index (χ2n) is 6.26. The van der Waals surface area contributed by atoms with E-state index in [-0.39, 0.29) is 11.8 Å². The third kappa shape index (κ3) is 3.28. The normalized spacial score (nSPS) is 24.4. The van der Waals surface area contributed by atoms with E-state index in [0.717, 1.165) is 42.9 Å². The van der Waals surface area contributed by atoms with Crippen LogP contribution in [0, 0.1) is 4.77 Å². The largest absolute Gasteiger partial charge is 0.304 e. The highest BCUT2D eigenvalue weighted by molar-refractivity contribution is 7.91.